The molecule has 1 aliphatic carbocycles. The Labute approximate surface area is 570 Å². The summed E-state index contributed by atoms with van der Waals surface area (Å²) in [6, 6.07) is 41.9. The summed E-state index contributed by atoms with van der Waals surface area (Å²) in [5, 5.41) is 24.0. The molecule has 6 aromatic rings. The van der Waals surface area contributed by atoms with Crippen LogP contribution in [-0.2, 0) is 62.8 Å². The van der Waals surface area contributed by atoms with Gasteiger partial charge in [-0.25, -0.2) is 0 Å². The second-order valence-electron chi connectivity index (χ2n) is 25.9. The molecule has 2 aliphatic heterocycles. The number of hydrogen-bond acceptors (Lipinski definition) is 11. The smallest absolute Gasteiger partial charge is 0.294 e. The highest BCUT2D eigenvalue weighted by Gasteiger charge is 2.46. The summed E-state index contributed by atoms with van der Waals surface area (Å²) in [4.78, 5) is 79.9. The van der Waals surface area contributed by atoms with Crippen LogP contribution in [0.2, 0.25) is 0 Å². The van der Waals surface area contributed by atoms with Crippen molar-refractivity contribution < 1.29 is 63.3 Å². The van der Waals surface area contributed by atoms with Crippen LogP contribution < -0.4 is 59.1 Å². The SMILES string of the molecule is Cc1ccc2c(c1)C(C)(C)C(/C=C/C=C/C=C1/N(CCCCCC(=O)NCCCn3cc(CNC(=O)[C@H](CCCCNC(=O)C4CC(=O)CC(=O)C4)NC(=O)CCC[P+](c4ccccc4)(c4ccccc4)c4ccccc4)nn3)c3ccc(S(=O)(=O)O)cc3C1(C)C)=[N+]2C.[Br-]. The Bertz CT molecular complexity index is 3850. The number of aryl methyl sites for hydroxylation is 2. The Morgan fingerprint density at radius 2 is 1.35 bits per heavy atom. The summed E-state index contributed by atoms with van der Waals surface area (Å²) >= 11 is 0. The van der Waals surface area contributed by atoms with Gasteiger partial charge in [-0.2, -0.15) is 13.0 Å². The summed E-state index contributed by atoms with van der Waals surface area (Å²) in [5.41, 5.74) is 7.35. The van der Waals surface area contributed by atoms with Gasteiger partial charge in [0.05, 0.1) is 41.6 Å². The topological polar surface area (TPSA) is 242 Å². The Morgan fingerprint density at radius 1 is 0.705 bits per heavy atom. The van der Waals surface area contributed by atoms with Gasteiger partial charge in [0.15, 0.2) is 5.71 Å². The van der Waals surface area contributed by atoms with Gasteiger partial charge in [0.1, 0.15) is 53.5 Å². The second-order valence-corrected chi connectivity index (χ2v) is 31.0. The number of halogens is 1. The average molecular weight is 1390 g/mol. The molecule has 0 saturated heterocycles. The third kappa shape index (κ3) is 18.3. The molecule has 4 amide bonds. The fraction of sp³-hybridized carbons (Fsp3) is 0.392. The molecular formula is C74H90BrN9O9PS+. The molecule has 1 aromatic heterocycles. The van der Waals surface area contributed by atoms with Crippen LogP contribution in [0.1, 0.15) is 134 Å². The molecule has 9 rings (SSSR count). The summed E-state index contributed by atoms with van der Waals surface area (Å²) in [6.45, 7) is 12.6. The van der Waals surface area contributed by atoms with Crippen LogP contribution in [0.25, 0.3) is 0 Å². The maximum atomic E-state index is 14.0. The number of benzene rings is 5. The first kappa shape index (κ1) is 72.8. The molecule has 0 spiro atoms. The van der Waals surface area contributed by atoms with Crippen LogP contribution >= 0.6 is 7.26 Å². The predicted octanol–water partition coefficient (Wildman–Crippen LogP) is 6.50. The number of carbonyl (C=O) groups excluding carboxylic acids is 6. The Morgan fingerprint density at radius 3 is 2.00 bits per heavy atom. The molecule has 5 aromatic carbocycles. The van der Waals surface area contributed by atoms with E-state index in [9.17, 15) is 41.7 Å². The fourth-order valence-corrected chi connectivity index (χ4v) is 18.2. The summed E-state index contributed by atoms with van der Waals surface area (Å²) in [6.07, 6.45) is 17.9. The molecule has 3 heterocycles. The zero-order chi connectivity index (χ0) is 67.0. The van der Waals surface area contributed by atoms with Gasteiger partial charge in [0, 0.05) is 86.4 Å². The molecule has 21 heteroatoms. The fourth-order valence-electron chi connectivity index (χ4n) is 13.4. The molecule has 0 bridgehead atoms. The van der Waals surface area contributed by atoms with Crippen LogP contribution in [0.15, 0.2) is 175 Å². The van der Waals surface area contributed by atoms with E-state index in [0.717, 1.165) is 36.0 Å². The van der Waals surface area contributed by atoms with Crippen LogP contribution in [0.4, 0.5) is 11.4 Å². The number of amides is 4. The third-order valence-electron chi connectivity index (χ3n) is 18.4. The Kier molecular flexibility index (Phi) is 25.4. The van der Waals surface area contributed by atoms with Gasteiger partial charge in [-0.3, -0.25) is 38.0 Å². The van der Waals surface area contributed by atoms with E-state index in [4.69, 9.17) is 0 Å². The van der Waals surface area contributed by atoms with Crippen molar-refractivity contribution in [1.82, 2.24) is 36.3 Å². The van der Waals surface area contributed by atoms with Gasteiger partial charge in [0.25, 0.3) is 10.1 Å². The molecular weight excluding hydrogens is 1300 g/mol. The first-order chi connectivity index (χ1) is 45.1. The highest BCUT2D eigenvalue weighted by atomic mass is 79.9. The van der Waals surface area contributed by atoms with E-state index in [-0.39, 0.29) is 101 Å². The van der Waals surface area contributed by atoms with E-state index in [1.54, 1.807) is 23.0 Å². The lowest BCUT2D eigenvalue weighted by molar-refractivity contribution is -0.401. The molecule has 502 valence electrons. The zero-order valence-electron chi connectivity index (χ0n) is 55.4. The normalized spacial score (nSPS) is 16.0. The number of allylic oxidation sites excluding steroid dienone is 6. The van der Waals surface area contributed by atoms with Crippen molar-refractivity contribution in [2.24, 2.45) is 5.92 Å². The molecule has 95 heavy (non-hydrogen) atoms. The van der Waals surface area contributed by atoms with Crippen LogP contribution in [0.3, 0.4) is 0 Å². The number of Topliss-reactive ketones (excluding diaryl/α,β-unsaturated/α-hetero) is 2. The minimum absolute atomic E-state index is 0. The maximum Gasteiger partial charge on any atom is 0.294 e. The monoisotopic (exact) mass is 1390 g/mol. The molecule has 1 fully saturated rings. The van der Waals surface area contributed by atoms with Crippen molar-refractivity contribution in [3.05, 3.63) is 192 Å². The second kappa shape index (κ2) is 33.1. The molecule has 5 N–H and O–H groups in total. The number of nitrogens with one attached hydrogen (secondary N) is 4. The number of ketones is 2. The number of anilines is 1. The highest BCUT2D eigenvalue weighted by molar-refractivity contribution is 7.95. The van der Waals surface area contributed by atoms with E-state index in [1.807, 2.05) is 36.4 Å². The predicted molar refractivity (Wildman–Crippen MR) is 371 cm³/mol. The number of hydrogen-bond donors (Lipinski definition) is 5. The van der Waals surface area contributed by atoms with Gasteiger partial charge >= 0.3 is 0 Å². The average Bonchev–Trinajstić information content (AvgIpc) is 1.66. The van der Waals surface area contributed by atoms with Crippen LogP contribution in [0.5, 0.6) is 0 Å². The van der Waals surface area contributed by atoms with E-state index >= 15 is 0 Å². The summed E-state index contributed by atoms with van der Waals surface area (Å²) in [7, 11) is -4.52. The molecule has 3 aliphatic rings. The summed E-state index contributed by atoms with van der Waals surface area (Å²) in [5.74, 6) is -2.17. The number of carbonyl (C=O) groups is 6. The third-order valence-corrected chi connectivity index (χ3v) is 23.7. The van der Waals surface area contributed by atoms with Crippen molar-refractivity contribution in [3.63, 3.8) is 0 Å². The lowest BCUT2D eigenvalue weighted by Gasteiger charge is -2.27. The number of aromatic nitrogens is 3. The van der Waals surface area contributed by atoms with E-state index in [1.165, 1.54) is 44.5 Å². The van der Waals surface area contributed by atoms with E-state index in [2.05, 4.69) is 186 Å². The van der Waals surface area contributed by atoms with Crippen molar-refractivity contribution >= 4 is 85.6 Å². The summed E-state index contributed by atoms with van der Waals surface area (Å²) < 4.78 is 38.4. The lowest BCUT2D eigenvalue weighted by Crippen LogP contribution is -3.00. The highest BCUT2D eigenvalue weighted by Crippen LogP contribution is 2.56. The van der Waals surface area contributed by atoms with Gasteiger partial charge < -0.3 is 43.1 Å². The van der Waals surface area contributed by atoms with Crippen LogP contribution in [0, 0.1) is 12.8 Å². The van der Waals surface area contributed by atoms with Crippen molar-refractivity contribution in [1.29, 1.82) is 0 Å². The minimum Gasteiger partial charge on any atom is -1.00 e. The van der Waals surface area contributed by atoms with Gasteiger partial charge in [-0.15, -0.1) is 5.10 Å². The minimum atomic E-state index is -4.42. The molecule has 1 atom stereocenters. The van der Waals surface area contributed by atoms with Crippen molar-refractivity contribution in [2.75, 3.05) is 37.7 Å². The Balaban J connectivity index is 0.0000116. The quantitative estimate of drug-likeness (QED) is 0.00783. The number of rotatable bonds is 31. The van der Waals surface area contributed by atoms with Gasteiger partial charge in [-0.05, 0) is 138 Å². The first-order valence-electron chi connectivity index (χ1n) is 32.8. The zero-order valence-corrected chi connectivity index (χ0v) is 58.7. The number of fused-ring (bicyclic) bond motifs is 2. The molecule has 18 nitrogen and oxygen atoms in total. The molecule has 1 saturated carbocycles. The van der Waals surface area contributed by atoms with Gasteiger partial charge in [0.2, 0.25) is 29.3 Å². The lowest BCUT2D eigenvalue weighted by atomic mass is 9.81. The number of unbranched alkanes of at least 4 members (excludes halogenated alkanes) is 3. The first-order valence-corrected chi connectivity index (χ1v) is 36.2. The number of nitrogens with zero attached hydrogens (tertiary/aromatic N) is 5. The van der Waals surface area contributed by atoms with Crippen molar-refractivity contribution in [3.8, 4) is 0 Å². The molecule has 0 unspecified atom stereocenters. The van der Waals surface area contributed by atoms with E-state index < -0.39 is 34.8 Å². The largest absolute Gasteiger partial charge is 1.00 e. The maximum absolute atomic E-state index is 14.0. The Hall–Kier alpha value is -8.03. The van der Waals surface area contributed by atoms with Crippen LogP contribution in [-0.4, -0.2) is 112 Å². The standard InChI is InChI=1S/C74H88N9O9PS.BrH/c1-53-37-39-65-62(46-53)73(2,3)67(81(65)6)33-18-10-19-34-68-74(4,5)63-50-61(94(90,91)92)38-40-66(63)83(68)44-23-11-20-35-69(86)75-42-25-43-82-52-55(79-80-82)51-77-72(89)64(32-21-22-41-76-71(88)54-47-56(84)49-57(85)48-54)78-70(87)36-24-45-93(58-26-12-7-13-27-58,59-28-14-8-15-29-59)60-30-16-9-17-31-60;/h7-10,12-19,26-31,33-34,37-40,46,50,52,54,64H,11,20-25,32,35-36,41-45,47-49,51H2,1-6H3,(H3-2,75,76,77,78,86,87,88,89,90,91,92);1H/p+1/t64-;/m0./s1. The van der Waals surface area contributed by atoms with E-state index in [0.29, 0.717) is 70.3 Å². The molecule has 0 radical (unpaired) electrons. The van der Waals surface area contributed by atoms with Gasteiger partial charge in [-0.1, -0.05) is 110 Å². The van der Waals surface area contributed by atoms with Crippen molar-refractivity contribution in [2.45, 2.75) is 153 Å².